The van der Waals surface area contributed by atoms with Crippen LogP contribution in [0, 0.1) is 0 Å². The predicted octanol–water partition coefficient (Wildman–Crippen LogP) is 1.97. The van der Waals surface area contributed by atoms with Gasteiger partial charge < -0.3 is 5.11 Å². The second kappa shape index (κ2) is 6.33. The molecule has 0 radical (unpaired) electrons. The van der Waals surface area contributed by atoms with E-state index in [0.717, 1.165) is 18.7 Å². The highest BCUT2D eigenvalue weighted by atomic mass is 16.3. The molecule has 0 spiro atoms. The van der Waals surface area contributed by atoms with E-state index in [1.54, 1.807) is 6.20 Å². The van der Waals surface area contributed by atoms with Gasteiger partial charge in [-0.25, -0.2) is 0 Å². The summed E-state index contributed by atoms with van der Waals surface area (Å²) in [7, 11) is 2.06. The summed E-state index contributed by atoms with van der Waals surface area (Å²) in [6.45, 7) is 0.979. The molecule has 1 unspecified atom stereocenters. The van der Waals surface area contributed by atoms with E-state index in [1.165, 1.54) is 5.56 Å². The SMILES string of the molecule is CN(Cc1ccn[nH]1)C(CCO)c1ccccc1. The van der Waals surface area contributed by atoms with E-state index in [-0.39, 0.29) is 12.6 Å². The molecule has 0 bridgehead atoms. The quantitative estimate of drug-likeness (QED) is 0.818. The van der Waals surface area contributed by atoms with Gasteiger partial charge in [-0.15, -0.1) is 0 Å². The molecule has 1 aromatic heterocycles. The standard InChI is InChI=1S/C14H19N3O/c1-17(11-13-7-9-15-16-13)14(8-10-18)12-5-3-2-4-6-12/h2-7,9,14,18H,8,10-11H2,1H3,(H,15,16). The van der Waals surface area contributed by atoms with Crippen LogP contribution >= 0.6 is 0 Å². The normalized spacial score (nSPS) is 12.8. The van der Waals surface area contributed by atoms with Crippen molar-refractivity contribution < 1.29 is 5.11 Å². The largest absolute Gasteiger partial charge is 0.396 e. The smallest absolute Gasteiger partial charge is 0.0492 e. The lowest BCUT2D eigenvalue weighted by Crippen LogP contribution is -2.25. The van der Waals surface area contributed by atoms with Crippen molar-refractivity contribution in [2.24, 2.45) is 0 Å². The van der Waals surface area contributed by atoms with Gasteiger partial charge >= 0.3 is 0 Å². The fourth-order valence-corrected chi connectivity index (χ4v) is 2.19. The molecular formula is C14H19N3O. The number of rotatable bonds is 6. The summed E-state index contributed by atoms with van der Waals surface area (Å²) in [6.07, 6.45) is 2.49. The molecule has 1 aromatic carbocycles. The van der Waals surface area contributed by atoms with E-state index in [1.807, 2.05) is 24.3 Å². The second-order valence-electron chi connectivity index (χ2n) is 4.44. The number of aromatic amines is 1. The molecule has 0 aliphatic heterocycles. The number of nitrogens with one attached hydrogen (secondary N) is 1. The van der Waals surface area contributed by atoms with E-state index in [2.05, 4.69) is 34.3 Å². The number of hydrogen-bond donors (Lipinski definition) is 2. The number of aromatic nitrogens is 2. The van der Waals surface area contributed by atoms with Gasteiger partial charge in [0.2, 0.25) is 0 Å². The molecule has 4 heteroatoms. The maximum atomic E-state index is 9.23. The third kappa shape index (κ3) is 3.18. The zero-order valence-electron chi connectivity index (χ0n) is 10.6. The van der Waals surface area contributed by atoms with E-state index in [0.29, 0.717) is 0 Å². The van der Waals surface area contributed by atoms with Crippen LogP contribution in [0.4, 0.5) is 0 Å². The third-order valence-electron chi connectivity index (χ3n) is 3.10. The Morgan fingerprint density at radius 3 is 2.67 bits per heavy atom. The number of nitrogens with zero attached hydrogens (tertiary/aromatic N) is 2. The molecule has 1 atom stereocenters. The van der Waals surface area contributed by atoms with Crippen LogP contribution in [0.5, 0.6) is 0 Å². The molecule has 4 nitrogen and oxygen atoms in total. The molecular weight excluding hydrogens is 226 g/mol. The van der Waals surface area contributed by atoms with E-state index in [9.17, 15) is 5.11 Å². The van der Waals surface area contributed by atoms with Gasteiger partial charge in [0.05, 0.1) is 0 Å². The first-order chi connectivity index (χ1) is 8.81. The Balaban J connectivity index is 2.09. The molecule has 0 amide bonds. The molecule has 1 heterocycles. The summed E-state index contributed by atoms with van der Waals surface area (Å²) in [6, 6.07) is 12.5. The van der Waals surface area contributed by atoms with Crippen molar-refractivity contribution in [2.45, 2.75) is 19.0 Å². The second-order valence-corrected chi connectivity index (χ2v) is 4.44. The summed E-state index contributed by atoms with van der Waals surface area (Å²) in [5.74, 6) is 0. The molecule has 2 N–H and O–H groups in total. The highest BCUT2D eigenvalue weighted by Crippen LogP contribution is 2.23. The van der Waals surface area contributed by atoms with Gasteiger partial charge in [-0.2, -0.15) is 5.10 Å². The molecule has 96 valence electrons. The van der Waals surface area contributed by atoms with Crippen LogP contribution in [-0.4, -0.2) is 33.9 Å². The lowest BCUT2D eigenvalue weighted by Gasteiger charge is -2.27. The van der Waals surface area contributed by atoms with Crippen LogP contribution in [-0.2, 0) is 6.54 Å². The molecule has 18 heavy (non-hydrogen) atoms. The van der Waals surface area contributed by atoms with E-state index in [4.69, 9.17) is 0 Å². The Kier molecular flexibility index (Phi) is 4.50. The van der Waals surface area contributed by atoms with Crippen LogP contribution in [0.25, 0.3) is 0 Å². The third-order valence-corrected chi connectivity index (χ3v) is 3.10. The van der Waals surface area contributed by atoms with Crippen LogP contribution in [0.1, 0.15) is 23.7 Å². The van der Waals surface area contributed by atoms with Crippen molar-refractivity contribution in [2.75, 3.05) is 13.7 Å². The van der Waals surface area contributed by atoms with Crippen molar-refractivity contribution >= 4 is 0 Å². The van der Waals surface area contributed by atoms with Crippen LogP contribution in [0.3, 0.4) is 0 Å². The number of hydrogen-bond acceptors (Lipinski definition) is 3. The first-order valence-corrected chi connectivity index (χ1v) is 6.15. The van der Waals surface area contributed by atoms with Gasteiger partial charge in [-0.3, -0.25) is 10.00 Å². The monoisotopic (exact) mass is 245 g/mol. The molecule has 0 fully saturated rings. The van der Waals surface area contributed by atoms with Crippen LogP contribution < -0.4 is 0 Å². The number of benzene rings is 1. The summed E-state index contributed by atoms with van der Waals surface area (Å²) < 4.78 is 0. The predicted molar refractivity (Wildman–Crippen MR) is 70.9 cm³/mol. The Hall–Kier alpha value is -1.65. The zero-order valence-corrected chi connectivity index (χ0v) is 10.6. The lowest BCUT2D eigenvalue weighted by atomic mass is 10.0. The fourth-order valence-electron chi connectivity index (χ4n) is 2.19. The Bertz CT molecular complexity index is 441. The Morgan fingerprint density at radius 2 is 2.06 bits per heavy atom. The van der Waals surface area contributed by atoms with Gasteiger partial charge in [0.25, 0.3) is 0 Å². The molecule has 0 saturated heterocycles. The summed E-state index contributed by atoms with van der Waals surface area (Å²) in [5, 5.41) is 16.1. The van der Waals surface area contributed by atoms with Crippen molar-refractivity contribution in [3.63, 3.8) is 0 Å². The molecule has 0 saturated carbocycles. The topological polar surface area (TPSA) is 52.2 Å². The highest BCUT2D eigenvalue weighted by molar-refractivity contribution is 5.19. The molecule has 0 aliphatic carbocycles. The van der Waals surface area contributed by atoms with Crippen molar-refractivity contribution in [3.8, 4) is 0 Å². The summed E-state index contributed by atoms with van der Waals surface area (Å²) >= 11 is 0. The van der Waals surface area contributed by atoms with Gasteiger partial charge in [0, 0.05) is 31.1 Å². The van der Waals surface area contributed by atoms with Crippen LogP contribution in [0.15, 0.2) is 42.6 Å². The minimum Gasteiger partial charge on any atom is -0.396 e. The number of aliphatic hydroxyl groups excluding tert-OH is 1. The average molecular weight is 245 g/mol. The summed E-state index contributed by atoms with van der Waals surface area (Å²) in [4.78, 5) is 2.22. The number of aliphatic hydroxyl groups is 1. The van der Waals surface area contributed by atoms with Gasteiger partial charge in [-0.1, -0.05) is 30.3 Å². The minimum atomic E-state index is 0.187. The van der Waals surface area contributed by atoms with Crippen molar-refractivity contribution in [3.05, 3.63) is 53.9 Å². The fraction of sp³-hybridized carbons (Fsp3) is 0.357. The average Bonchev–Trinajstić information content (AvgIpc) is 2.89. The Morgan fingerprint density at radius 1 is 1.28 bits per heavy atom. The maximum Gasteiger partial charge on any atom is 0.0492 e. The van der Waals surface area contributed by atoms with Crippen molar-refractivity contribution in [1.82, 2.24) is 15.1 Å². The first-order valence-electron chi connectivity index (χ1n) is 6.15. The van der Waals surface area contributed by atoms with Gasteiger partial charge in [0.1, 0.15) is 0 Å². The first kappa shape index (κ1) is 12.8. The minimum absolute atomic E-state index is 0.187. The van der Waals surface area contributed by atoms with E-state index < -0.39 is 0 Å². The van der Waals surface area contributed by atoms with Crippen molar-refractivity contribution in [1.29, 1.82) is 0 Å². The highest BCUT2D eigenvalue weighted by Gasteiger charge is 2.16. The van der Waals surface area contributed by atoms with Gasteiger partial charge in [0.15, 0.2) is 0 Å². The maximum absolute atomic E-state index is 9.23. The molecule has 2 aromatic rings. The molecule has 2 rings (SSSR count). The number of H-pyrrole nitrogens is 1. The zero-order chi connectivity index (χ0) is 12.8. The van der Waals surface area contributed by atoms with Gasteiger partial charge in [-0.05, 0) is 25.1 Å². The molecule has 0 aliphatic rings. The van der Waals surface area contributed by atoms with E-state index >= 15 is 0 Å². The van der Waals surface area contributed by atoms with Crippen LogP contribution in [0.2, 0.25) is 0 Å². The Labute approximate surface area is 107 Å². The summed E-state index contributed by atoms with van der Waals surface area (Å²) in [5.41, 5.74) is 2.31. The lowest BCUT2D eigenvalue weighted by molar-refractivity contribution is 0.178.